The molecule has 8 nitrogen and oxygen atoms in total. The molecule has 3 heterocycles. The van der Waals surface area contributed by atoms with Crippen molar-refractivity contribution in [1.82, 2.24) is 20.2 Å². The number of benzene rings is 2. The second-order valence-electron chi connectivity index (χ2n) is 8.42. The van der Waals surface area contributed by atoms with Gasteiger partial charge in [-0.2, -0.15) is 4.98 Å². The van der Waals surface area contributed by atoms with Gasteiger partial charge in [0, 0.05) is 51.7 Å². The number of hydrogen-bond donors (Lipinski definition) is 2. The average molecular weight is 498 g/mol. The van der Waals surface area contributed by atoms with Crippen molar-refractivity contribution in [3.63, 3.8) is 0 Å². The molecule has 1 aromatic heterocycles. The minimum Gasteiger partial charge on any atom is -0.341 e. The third-order valence-electron chi connectivity index (χ3n) is 5.99. The van der Waals surface area contributed by atoms with Crippen molar-refractivity contribution < 1.29 is 4.79 Å². The fraction of sp³-hybridized carbons (Fsp3) is 0.292. The van der Waals surface area contributed by atoms with Gasteiger partial charge in [0.2, 0.25) is 5.95 Å². The Bertz CT molecular complexity index is 1180. The van der Waals surface area contributed by atoms with Gasteiger partial charge in [-0.05, 0) is 29.8 Å². The van der Waals surface area contributed by atoms with Gasteiger partial charge in [-0.15, -0.1) is 0 Å². The molecular weight excluding hydrogens is 473 g/mol. The van der Waals surface area contributed by atoms with E-state index in [1.54, 1.807) is 29.3 Å². The number of amides is 1. The molecule has 5 rings (SSSR count). The number of fused-ring (bicyclic) bond motifs is 1. The number of carbonyl (C=O) groups is 1. The summed E-state index contributed by atoms with van der Waals surface area (Å²) < 4.78 is 0. The van der Waals surface area contributed by atoms with Crippen LogP contribution in [0.3, 0.4) is 0 Å². The van der Waals surface area contributed by atoms with Gasteiger partial charge in [-0.3, -0.25) is 14.6 Å². The molecule has 3 aromatic rings. The van der Waals surface area contributed by atoms with Crippen LogP contribution < -0.4 is 20.4 Å². The predicted molar refractivity (Wildman–Crippen MR) is 136 cm³/mol. The molecular formula is C24H25Cl2N7O. The third kappa shape index (κ3) is 4.67. The Balaban J connectivity index is 1.32. The van der Waals surface area contributed by atoms with Gasteiger partial charge in [0.05, 0.1) is 22.4 Å². The van der Waals surface area contributed by atoms with Crippen LogP contribution in [0.2, 0.25) is 10.0 Å². The molecule has 10 heteroatoms. The van der Waals surface area contributed by atoms with E-state index in [0.717, 1.165) is 38.4 Å². The Hall–Kier alpha value is -2.91. The summed E-state index contributed by atoms with van der Waals surface area (Å²) in [6.07, 6.45) is 1.54. The van der Waals surface area contributed by atoms with E-state index in [0.29, 0.717) is 33.1 Å². The van der Waals surface area contributed by atoms with Gasteiger partial charge in [-0.25, -0.2) is 4.98 Å². The fourth-order valence-electron chi connectivity index (χ4n) is 4.23. The molecule has 2 aliphatic heterocycles. The first kappa shape index (κ1) is 22.9. The lowest BCUT2D eigenvalue weighted by Crippen LogP contribution is -2.46. The van der Waals surface area contributed by atoms with Crippen LogP contribution in [0, 0.1) is 0 Å². The molecule has 0 atom stereocenters. The molecule has 0 aliphatic carbocycles. The van der Waals surface area contributed by atoms with Crippen molar-refractivity contribution in [1.29, 1.82) is 0 Å². The van der Waals surface area contributed by atoms with E-state index in [-0.39, 0.29) is 12.6 Å². The summed E-state index contributed by atoms with van der Waals surface area (Å²) in [5.74, 6) is 0.738. The van der Waals surface area contributed by atoms with Crippen LogP contribution in [0.1, 0.15) is 15.9 Å². The normalized spacial score (nSPS) is 16.5. The maximum atomic E-state index is 13.2. The number of halogens is 2. The maximum Gasteiger partial charge on any atom is 0.265 e. The summed E-state index contributed by atoms with van der Waals surface area (Å²) >= 11 is 12.7. The molecule has 2 N–H and O–H groups in total. The first-order valence-corrected chi connectivity index (χ1v) is 11.9. The zero-order valence-corrected chi connectivity index (χ0v) is 20.3. The highest BCUT2D eigenvalue weighted by Crippen LogP contribution is 2.37. The quantitative estimate of drug-likeness (QED) is 0.551. The minimum atomic E-state index is -0.244. The van der Waals surface area contributed by atoms with Gasteiger partial charge in [0.15, 0.2) is 0 Å². The number of rotatable bonds is 5. The summed E-state index contributed by atoms with van der Waals surface area (Å²) in [5, 5.41) is 7.45. The van der Waals surface area contributed by atoms with Crippen LogP contribution in [0.25, 0.3) is 0 Å². The second-order valence-corrected chi connectivity index (χ2v) is 9.24. The summed E-state index contributed by atoms with van der Waals surface area (Å²) in [4.78, 5) is 28.1. The van der Waals surface area contributed by atoms with Crippen molar-refractivity contribution in [3.05, 3.63) is 69.8 Å². The summed E-state index contributed by atoms with van der Waals surface area (Å²) in [6.45, 7) is 5.41. The molecule has 0 unspecified atom stereocenters. The molecule has 176 valence electrons. The van der Waals surface area contributed by atoms with Crippen LogP contribution in [0.15, 0.2) is 48.7 Å². The number of piperazine rings is 1. The second kappa shape index (κ2) is 9.76. The van der Waals surface area contributed by atoms with E-state index in [9.17, 15) is 4.79 Å². The maximum absolute atomic E-state index is 13.2. The lowest BCUT2D eigenvalue weighted by atomic mass is 10.1. The molecule has 0 bridgehead atoms. The summed E-state index contributed by atoms with van der Waals surface area (Å²) in [6, 6.07) is 13.5. The van der Waals surface area contributed by atoms with E-state index in [1.165, 1.54) is 5.56 Å². The Labute approximate surface area is 208 Å². The Morgan fingerprint density at radius 3 is 2.47 bits per heavy atom. The highest BCUT2D eigenvalue weighted by Gasteiger charge is 2.32. The number of nitrogens with one attached hydrogen (secondary N) is 2. The van der Waals surface area contributed by atoms with Crippen molar-refractivity contribution >= 4 is 52.3 Å². The number of nitrogens with zero attached hydrogens (tertiary/aromatic N) is 5. The van der Waals surface area contributed by atoms with E-state index in [1.807, 2.05) is 24.1 Å². The van der Waals surface area contributed by atoms with E-state index in [4.69, 9.17) is 23.2 Å². The van der Waals surface area contributed by atoms with Crippen LogP contribution in [0.5, 0.6) is 0 Å². The fourth-order valence-corrected chi connectivity index (χ4v) is 4.83. The molecule has 1 fully saturated rings. The van der Waals surface area contributed by atoms with Gasteiger partial charge in [-0.1, -0.05) is 41.4 Å². The molecule has 2 aliphatic rings. The number of aromatic nitrogens is 2. The molecule has 1 saturated heterocycles. The monoisotopic (exact) mass is 497 g/mol. The zero-order valence-electron chi connectivity index (χ0n) is 18.8. The molecule has 0 saturated carbocycles. The van der Waals surface area contributed by atoms with E-state index < -0.39 is 0 Å². The topological polar surface area (TPSA) is 76.6 Å². The zero-order chi connectivity index (χ0) is 23.7. The largest absolute Gasteiger partial charge is 0.341 e. The highest BCUT2D eigenvalue weighted by molar-refractivity contribution is 6.40. The first-order valence-electron chi connectivity index (χ1n) is 11.1. The Morgan fingerprint density at radius 2 is 1.76 bits per heavy atom. The molecule has 0 spiro atoms. The third-order valence-corrected chi connectivity index (χ3v) is 6.60. The Morgan fingerprint density at radius 1 is 1.06 bits per heavy atom. The van der Waals surface area contributed by atoms with Gasteiger partial charge in [0.1, 0.15) is 11.4 Å². The van der Waals surface area contributed by atoms with E-state index in [2.05, 4.69) is 37.6 Å². The predicted octanol–water partition coefficient (Wildman–Crippen LogP) is 3.99. The lowest BCUT2D eigenvalue weighted by molar-refractivity contribution is 0.0982. The summed E-state index contributed by atoms with van der Waals surface area (Å²) in [5.41, 5.74) is 3.03. The number of hydrogen-bond acceptors (Lipinski definition) is 7. The molecule has 2 aromatic carbocycles. The molecule has 0 radical (unpaired) electrons. The van der Waals surface area contributed by atoms with E-state index >= 15 is 0 Å². The first-order chi connectivity index (χ1) is 16.5. The molecule has 1 amide bonds. The van der Waals surface area contributed by atoms with Crippen LogP contribution >= 0.6 is 23.2 Å². The van der Waals surface area contributed by atoms with Crippen molar-refractivity contribution in [2.75, 3.05) is 55.0 Å². The Kier molecular flexibility index (Phi) is 6.56. The van der Waals surface area contributed by atoms with Crippen LogP contribution in [0.4, 0.5) is 23.1 Å². The van der Waals surface area contributed by atoms with Crippen molar-refractivity contribution in [2.24, 2.45) is 0 Å². The van der Waals surface area contributed by atoms with Gasteiger partial charge in [0.25, 0.3) is 5.91 Å². The summed E-state index contributed by atoms with van der Waals surface area (Å²) in [7, 11) is 1.87. The number of carbonyl (C=O) groups excluding carboxylic acids is 1. The number of para-hydroxylation sites is 1. The van der Waals surface area contributed by atoms with Crippen LogP contribution in [-0.4, -0.2) is 60.7 Å². The smallest absolute Gasteiger partial charge is 0.265 e. The van der Waals surface area contributed by atoms with Gasteiger partial charge < -0.3 is 15.5 Å². The van der Waals surface area contributed by atoms with Crippen molar-refractivity contribution in [3.8, 4) is 0 Å². The minimum absolute atomic E-state index is 0.244. The highest BCUT2D eigenvalue weighted by atomic mass is 35.5. The standard InChI is InChI=1S/C24H25Cl2N7O/c1-31-15-33(21-19(25)3-2-4-20(21)26)23(34)18-13-28-24(30-22(18)31)29-17-7-5-16(6-8-17)14-32-11-9-27-10-12-32/h2-8,13,27H,9-12,14-15H2,1H3,(H,28,29,30). The SMILES string of the molecule is CN1CN(c2c(Cl)cccc2Cl)C(=O)c2cnc(Nc3ccc(CN4CCNCC4)cc3)nc21. The van der Waals surface area contributed by atoms with Gasteiger partial charge >= 0.3 is 0 Å². The van der Waals surface area contributed by atoms with Crippen molar-refractivity contribution in [2.45, 2.75) is 6.54 Å². The van der Waals surface area contributed by atoms with Crippen LogP contribution in [-0.2, 0) is 6.54 Å². The molecule has 34 heavy (non-hydrogen) atoms. The lowest BCUT2D eigenvalue weighted by Gasteiger charge is -2.35. The number of anilines is 4. The average Bonchev–Trinajstić information content (AvgIpc) is 2.84.